The van der Waals surface area contributed by atoms with E-state index in [9.17, 15) is 4.39 Å². The Morgan fingerprint density at radius 1 is 1.25 bits per heavy atom. The molecule has 1 aromatic carbocycles. The zero-order chi connectivity index (χ0) is 14.1. The molecule has 2 N–H and O–H groups in total. The zero-order valence-corrected chi connectivity index (χ0v) is 11.9. The minimum atomic E-state index is -0.357. The average Bonchev–Trinajstić information content (AvgIpc) is 2.82. The molecule has 106 valence electrons. The Morgan fingerprint density at radius 3 is 2.70 bits per heavy atom. The summed E-state index contributed by atoms with van der Waals surface area (Å²) in [4.78, 5) is 0. The fourth-order valence-corrected chi connectivity index (χ4v) is 3.09. The summed E-state index contributed by atoms with van der Waals surface area (Å²) in [6, 6.07) is 4.71. The lowest BCUT2D eigenvalue weighted by Gasteiger charge is -2.21. The first kappa shape index (κ1) is 13.4. The van der Waals surface area contributed by atoms with Crippen molar-refractivity contribution in [1.82, 2.24) is 9.78 Å². The fourth-order valence-electron chi connectivity index (χ4n) is 2.83. The molecule has 3 rings (SSSR count). The third kappa shape index (κ3) is 2.52. The van der Waals surface area contributed by atoms with E-state index >= 15 is 0 Å². The zero-order valence-electron chi connectivity index (χ0n) is 11.1. The van der Waals surface area contributed by atoms with Crippen LogP contribution in [0.4, 0.5) is 10.1 Å². The van der Waals surface area contributed by atoms with Gasteiger partial charge in [0.2, 0.25) is 0 Å². The van der Waals surface area contributed by atoms with Crippen LogP contribution in [0.2, 0.25) is 5.02 Å². The molecule has 1 fully saturated rings. The van der Waals surface area contributed by atoms with Crippen LogP contribution in [0.5, 0.6) is 0 Å². The van der Waals surface area contributed by atoms with E-state index in [-0.39, 0.29) is 5.82 Å². The van der Waals surface area contributed by atoms with E-state index in [0.717, 1.165) is 12.8 Å². The molecule has 1 heterocycles. The Kier molecular flexibility index (Phi) is 3.66. The number of halogens is 2. The van der Waals surface area contributed by atoms with Gasteiger partial charge in [0.05, 0.1) is 16.8 Å². The summed E-state index contributed by atoms with van der Waals surface area (Å²) in [6.45, 7) is 0. The molecule has 1 aromatic heterocycles. The summed E-state index contributed by atoms with van der Waals surface area (Å²) in [7, 11) is 0. The van der Waals surface area contributed by atoms with Gasteiger partial charge in [0.1, 0.15) is 11.5 Å². The molecular weight excluding hydrogens is 277 g/mol. The highest BCUT2D eigenvalue weighted by atomic mass is 35.5. The molecule has 0 bridgehead atoms. The quantitative estimate of drug-likeness (QED) is 0.890. The molecule has 0 radical (unpaired) electrons. The van der Waals surface area contributed by atoms with Gasteiger partial charge >= 0.3 is 0 Å². The molecule has 1 saturated carbocycles. The van der Waals surface area contributed by atoms with E-state index in [2.05, 4.69) is 5.10 Å². The van der Waals surface area contributed by atoms with Crippen molar-refractivity contribution < 1.29 is 4.39 Å². The number of nitrogen functional groups attached to an aromatic ring is 1. The number of benzene rings is 1. The fraction of sp³-hybridized carbons (Fsp3) is 0.400. The monoisotopic (exact) mass is 293 g/mol. The first-order valence-electron chi connectivity index (χ1n) is 6.95. The number of aromatic nitrogens is 2. The van der Waals surface area contributed by atoms with Crippen molar-refractivity contribution in [3.63, 3.8) is 0 Å². The first-order chi connectivity index (χ1) is 9.65. The highest BCUT2D eigenvalue weighted by molar-refractivity contribution is 6.33. The van der Waals surface area contributed by atoms with Crippen molar-refractivity contribution in [2.24, 2.45) is 0 Å². The third-order valence-electron chi connectivity index (χ3n) is 3.90. The Morgan fingerprint density at radius 2 is 2.00 bits per heavy atom. The predicted octanol–water partition coefficient (Wildman–Crippen LogP) is 4.43. The van der Waals surface area contributed by atoms with Crippen LogP contribution in [0.15, 0.2) is 24.4 Å². The van der Waals surface area contributed by atoms with Crippen molar-refractivity contribution in [3.8, 4) is 11.3 Å². The lowest BCUT2D eigenvalue weighted by Crippen LogP contribution is -2.13. The molecule has 0 atom stereocenters. The Hall–Kier alpha value is -1.55. The van der Waals surface area contributed by atoms with Crippen LogP contribution >= 0.6 is 11.6 Å². The van der Waals surface area contributed by atoms with E-state index in [4.69, 9.17) is 17.3 Å². The molecule has 0 amide bonds. The highest BCUT2D eigenvalue weighted by Gasteiger charge is 2.19. The minimum absolute atomic E-state index is 0.339. The first-order valence-corrected chi connectivity index (χ1v) is 7.33. The molecule has 20 heavy (non-hydrogen) atoms. The SMILES string of the molecule is Nc1cn(C2CCCCC2)nc1-c1ccc(F)cc1Cl. The Bertz CT molecular complexity index is 618. The van der Waals surface area contributed by atoms with Gasteiger partial charge in [0, 0.05) is 11.8 Å². The largest absolute Gasteiger partial charge is 0.396 e. The second-order valence-electron chi connectivity index (χ2n) is 5.33. The van der Waals surface area contributed by atoms with Crippen molar-refractivity contribution in [3.05, 3.63) is 35.2 Å². The van der Waals surface area contributed by atoms with Crippen LogP contribution in [0.1, 0.15) is 38.1 Å². The molecule has 5 heteroatoms. The van der Waals surface area contributed by atoms with Gasteiger partial charge < -0.3 is 5.73 Å². The number of rotatable bonds is 2. The van der Waals surface area contributed by atoms with E-state index < -0.39 is 0 Å². The maximum Gasteiger partial charge on any atom is 0.124 e. The van der Waals surface area contributed by atoms with Crippen LogP contribution in [-0.4, -0.2) is 9.78 Å². The number of hydrogen-bond acceptors (Lipinski definition) is 2. The van der Waals surface area contributed by atoms with Crippen molar-refractivity contribution in [2.75, 3.05) is 5.73 Å². The second-order valence-corrected chi connectivity index (χ2v) is 5.74. The van der Waals surface area contributed by atoms with Crippen LogP contribution in [-0.2, 0) is 0 Å². The molecule has 1 aliphatic rings. The smallest absolute Gasteiger partial charge is 0.124 e. The summed E-state index contributed by atoms with van der Waals surface area (Å²) in [6.07, 6.45) is 7.90. The molecule has 3 nitrogen and oxygen atoms in total. The molecule has 0 unspecified atom stereocenters. The lowest BCUT2D eigenvalue weighted by atomic mass is 9.96. The molecule has 0 saturated heterocycles. The minimum Gasteiger partial charge on any atom is -0.396 e. The maximum absolute atomic E-state index is 13.1. The summed E-state index contributed by atoms with van der Waals surface area (Å²) in [5.74, 6) is -0.357. The Balaban J connectivity index is 1.95. The highest BCUT2D eigenvalue weighted by Crippen LogP contribution is 2.34. The van der Waals surface area contributed by atoms with E-state index in [1.807, 2.05) is 10.9 Å². The summed E-state index contributed by atoms with van der Waals surface area (Å²) >= 11 is 6.09. The number of anilines is 1. The van der Waals surface area contributed by atoms with Crippen LogP contribution in [0, 0.1) is 5.82 Å². The van der Waals surface area contributed by atoms with Gasteiger partial charge in [0.25, 0.3) is 0 Å². The van der Waals surface area contributed by atoms with E-state index in [1.165, 1.54) is 31.4 Å². The molecule has 0 spiro atoms. The standard InChI is InChI=1S/C15H17ClFN3/c16-13-8-10(17)6-7-12(13)15-14(18)9-20(19-15)11-4-2-1-3-5-11/h6-9,11H,1-5,18H2. The van der Waals surface area contributed by atoms with E-state index in [1.54, 1.807) is 6.07 Å². The number of nitrogens with two attached hydrogens (primary N) is 1. The Labute approximate surface area is 122 Å². The maximum atomic E-state index is 13.1. The summed E-state index contributed by atoms with van der Waals surface area (Å²) < 4.78 is 15.1. The van der Waals surface area contributed by atoms with Crippen molar-refractivity contribution in [1.29, 1.82) is 0 Å². The topological polar surface area (TPSA) is 43.8 Å². The number of nitrogens with zero attached hydrogens (tertiary/aromatic N) is 2. The van der Waals surface area contributed by atoms with Crippen LogP contribution in [0.3, 0.4) is 0 Å². The average molecular weight is 294 g/mol. The second kappa shape index (κ2) is 5.44. The number of hydrogen-bond donors (Lipinski definition) is 1. The van der Waals surface area contributed by atoms with Gasteiger partial charge in [-0.2, -0.15) is 5.10 Å². The van der Waals surface area contributed by atoms with Gasteiger partial charge in [-0.25, -0.2) is 4.39 Å². The van der Waals surface area contributed by atoms with Crippen molar-refractivity contribution in [2.45, 2.75) is 38.1 Å². The molecule has 2 aromatic rings. The normalized spacial score (nSPS) is 16.5. The van der Waals surface area contributed by atoms with Crippen molar-refractivity contribution >= 4 is 17.3 Å². The lowest BCUT2D eigenvalue weighted by molar-refractivity contribution is 0.330. The van der Waals surface area contributed by atoms with Crippen LogP contribution < -0.4 is 5.73 Å². The van der Waals surface area contributed by atoms with Gasteiger partial charge in [-0.15, -0.1) is 0 Å². The van der Waals surface area contributed by atoms with Gasteiger partial charge in [-0.1, -0.05) is 30.9 Å². The summed E-state index contributed by atoms with van der Waals surface area (Å²) in [5, 5.41) is 4.92. The molecular formula is C15H17ClFN3. The summed E-state index contributed by atoms with van der Waals surface area (Å²) in [5.41, 5.74) is 7.96. The van der Waals surface area contributed by atoms with Gasteiger partial charge in [-0.05, 0) is 31.0 Å². The van der Waals surface area contributed by atoms with E-state index in [0.29, 0.717) is 28.0 Å². The predicted molar refractivity (Wildman–Crippen MR) is 79.2 cm³/mol. The third-order valence-corrected chi connectivity index (χ3v) is 4.21. The van der Waals surface area contributed by atoms with Gasteiger partial charge in [-0.3, -0.25) is 4.68 Å². The van der Waals surface area contributed by atoms with Crippen LogP contribution in [0.25, 0.3) is 11.3 Å². The van der Waals surface area contributed by atoms with Gasteiger partial charge in [0.15, 0.2) is 0 Å². The molecule has 1 aliphatic carbocycles. The molecule has 0 aliphatic heterocycles.